The first-order chi connectivity index (χ1) is 11.6. The zero-order valence-electron chi connectivity index (χ0n) is 12.6. The maximum atomic E-state index is 11.8. The Labute approximate surface area is 141 Å². The minimum absolute atomic E-state index is 0.0393. The van der Waals surface area contributed by atoms with Crippen molar-refractivity contribution in [3.05, 3.63) is 74.6 Å². The molecule has 1 amide bonds. The number of hydrogen-bond acceptors (Lipinski definition) is 6. The van der Waals surface area contributed by atoms with Crippen molar-refractivity contribution in [2.45, 2.75) is 13.2 Å². The minimum atomic E-state index is -0.682. The van der Waals surface area contributed by atoms with Crippen LogP contribution in [0.4, 0.5) is 0 Å². The number of nitrogens with two attached hydrogens (primary N) is 1. The summed E-state index contributed by atoms with van der Waals surface area (Å²) in [5.74, 6) is 0.0836. The van der Waals surface area contributed by atoms with Crippen molar-refractivity contribution in [1.82, 2.24) is 14.8 Å². The van der Waals surface area contributed by atoms with Gasteiger partial charge in [-0.15, -0.1) is 11.3 Å². The molecule has 0 saturated carbocycles. The molecule has 0 aliphatic rings. The molecule has 24 heavy (non-hydrogen) atoms. The van der Waals surface area contributed by atoms with Crippen molar-refractivity contribution >= 4 is 17.2 Å². The lowest BCUT2D eigenvalue weighted by Crippen LogP contribution is -2.26. The standard InChI is InChI=1S/C16H14N4O3S/c17-16(22)13-6-7-15(21)20(19-13)8-11-10-24-14(18-11)9-23-12-4-2-1-3-5-12/h1-7,10H,8-9H2,(H2,17,22). The summed E-state index contributed by atoms with van der Waals surface area (Å²) in [7, 11) is 0. The molecule has 1 aromatic carbocycles. The Hall–Kier alpha value is -3.00. The average Bonchev–Trinajstić information content (AvgIpc) is 3.03. The van der Waals surface area contributed by atoms with Gasteiger partial charge in [0.2, 0.25) is 0 Å². The number of para-hydroxylation sites is 1. The second-order valence-electron chi connectivity index (χ2n) is 4.91. The molecule has 2 aromatic heterocycles. The summed E-state index contributed by atoms with van der Waals surface area (Å²) in [6.07, 6.45) is 0. The molecule has 0 saturated heterocycles. The molecule has 0 radical (unpaired) electrons. The van der Waals surface area contributed by atoms with Crippen LogP contribution in [0.15, 0.2) is 52.6 Å². The van der Waals surface area contributed by atoms with E-state index in [2.05, 4.69) is 10.1 Å². The van der Waals surface area contributed by atoms with Crippen molar-refractivity contribution in [2.75, 3.05) is 0 Å². The van der Waals surface area contributed by atoms with Gasteiger partial charge in [0.25, 0.3) is 11.5 Å². The minimum Gasteiger partial charge on any atom is -0.486 e. The molecule has 7 nitrogen and oxygen atoms in total. The molecule has 0 bridgehead atoms. The van der Waals surface area contributed by atoms with Crippen LogP contribution in [0.25, 0.3) is 0 Å². The van der Waals surface area contributed by atoms with Gasteiger partial charge < -0.3 is 10.5 Å². The van der Waals surface area contributed by atoms with Gasteiger partial charge in [-0.3, -0.25) is 9.59 Å². The molecule has 8 heteroatoms. The molecular formula is C16H14N4O3S. The lowest BCUT2D eigenvalue weighted by Gasteiger charge is -2.04. The largest absolute Gasteiger partial charge is 0.486 e. The monoisotopic (exact) mass is 342 g/mol. The summed E-state index contributed by atoms with van der Waals surface area (Å²) in [4.78, 5) is 27.4. The number of hydrogen-bond donors (Lipinski definition) is 1. The van der Waals surface area contributed by atoms with Gasteiger partial charge in [-0.05, 0) is 18.2 Å². The molecule has 2 heterocycles. The number of aromatic nitrogens is 3. The van der Waals surface area contributed by atoms with Crippen LogP contribution < -0.4 is 16.0 Å². The molecule has 0 fully saturated rings. The Morgan fingerprint density at radius 3 is 2.75 bits per heavy atom. The molecule has 0 aliphatic heterocycles. The quantitative estimate of drug-likeness (QED) is 0.730. The summed E-state index contributed by atoms with van der Waals surface area (Å²) in [6.45, 7) is 0.514. The maximum Gasteiger partial charge on any atom is 0.269 e. The zero-order valence-corrected chi connectivity index (χ0v) is 13.4. The summed E-state index contributed by atoms with van der Waals surface area (Å²) in [6, 6.07) is 12.0. The van der Waals surface area contributed by atoms with Crippen molar-refractivity contribution in [1.29, 1.82) is 0 Å². The van der Waals surface area contributed by atoms with Crippen molar-refractivity contribution < 1.29 is 9.53 Å². The Morgan fingerprint density at radius 2 is 2.00 bits per heavy atom. The maximum absolute atomic E-state index is 11.8. The number of amides is 1. The van der Waals surface area contributed by atoms with E-state index in [0.29, 0.717) is 12.3 Å². The second kappa shape index (κ2) is 7.05. The van der Waals surface area contributed by atoms with E-state index < -0.39 is 5.91 Å². The van der Waals surface area contributed by atoms with E-state index in [-0.39, 0.29) is 17.8 Å². The van der Waals surface area contributed by atoms with E-state index in [0.717, 1.165) is 15.4 Å². The third kappa shape index (κ3) is 3.85. The van der Waals surface area contributed by atoms with Crippen LogP contribution in [0.1, 0.15) is 21.2 Å². The highest BCUT2D eigenvalue weighted by atomic mass is 32.1. The number of carbonyl (C=O) groups excluding carboxylic acids is 1. The fourth-order valence-corrected chi connectivity index (χ4v) is 2.69. The molecule has 3 aromatic rings. The summed E-state index contributed by atoms with van der Waals surface area (Å²) >= 11 is 1.43. The number of rotatable bonds is 6. The second-order valence-corrected chi connectivity index (χ2v) is 5.86. The third-order valence-electron chi connectivity index (χ3n) is 3.14. The van der Waals surface area contributed by atoms with Gasteiger partial charge in [-0.2, -0.15) is 5.10 Å². The molecule has 0 spiro atoms. The lowest BCUT2D eigenvalue weighted by atomic mass is 10.3. The smallest absolute Gasteiger partial charge is 0.269 e. The highest BCUT2D eigenvalue weighted by molar-refractivity contribution is 7.09. The van der Waals surface area contributed by atoms with Crippen LogP contribution in [0, 0.1) is 0 Å². The Balaban J connectivity index is 1.69. The van der Waals surface area contributed by atoms with Gasteiger partial charge in [0.05, 0.1) is 12.2 Å². The van der Waals surface area contributed by atoms with Gasteiger partial charge in [-0.25, -0.2) is 9.67 Å². The summed E-state index contributed by atoms with van der Waals surface area (Å²) in [5.41, 5.74) is 5.56. The van der Waals surface area contributed by atoms with Crippen LogP contribution >= 0.6 is 11.3 Å². The van der Waals surface area contributed by atoms with E-state index in [1.165, 1.54) is 23.5 Å². The number of primary amides is 1. The van der Waals surface area contributed by atoms with Crippen LogP contribution in [0.3, 0.4) is 0 Å². The third-order valence-corrected chi connectivity index (χ3v) is 4.01. The Morgan fingerprint density at radius 1 is 1.21 bits per heavy atom. The number of ether oxygens (including phenoxy) is 1. The van der Waals surface area contributed by atoms with Crippen LogP contribution in [0.2, 0.25) is 0 Å². The SMILES string of the molecule is NC(=O)c1ccc(=O)n(Cc2csc(COc3ccccc3)n2)n1. The van der Waals surface area contributed by atoms with E-state index in [1.807, 2.05) is 35.7 Å². The lowest BCUT2D eigenvalue weighted by molar-refractivity contribution is 0.0993. The first-order valence-electron chi connectivity index (χ1n) is 7.11. The van der Waals surface area contributed by atoms with Crippen molar-refractivity contribution in [2.24, 2.45) is 5.73 Å². The summed E-state index contributed by atoms with van der Waals surface area (Å²) in [5, 5.41) is 6.55. The van der Waals surface area contributed by atoms with E-state index >= 15 is 0 Å². The van der Waals surface area contributed by atoms with Gasteiger partial charge in [0.1, 0.15) is 23.1 Å². The van der Waals surface area contributed by atoms with Crippen LogP contribution in [-0.4, -0.2) is 20.7 Å². The Kier molecular flexibility index (Phi) is 4.66. The fraction of sp³-hybridized carbons (Fsp3) is 0.125. The van der Waals surface area contributed by atoms with Gasteiger partial charge >= 0.3 is 0 Å². The molecule has 3 rings (SSSR count). The van der Waals surface area contributed by atoms with Crippen molar-refractivity contribution in [3.63, 3.8) is 0 Å². The number of carbonyl (C=O) groups is 1. The van der Waals surface area contributed by atoms with E-state index in [9.17, 15) is 9.59 Å². The first kappa shape index (κ1) is 15.9. The zero-order chi connectivity index (χ0) is 16.9. The number of benzene rings is 1. The van der Waals surface area contributed by atoms with Gasteiger partial charge in [0.15, 0.2) is 0 Å². The molecule has 122 valence electrons. The average molecular weight is 342 g/mol. The predicted molar refractivity (Wildman–Crippen MR) is 89.0 cm³/mol. The molecular weight excluding hydrogens is 328 g/mol. The predicted octanol–water partition coefficient (Wildman–Crippen LogP) is 1.43. The van der Waals surface area contributed by atoms with Gasteiger partial charge in [-0.1, -0.05) is 18.2 Å². The van der Waals surface area contributed by atoms with Crippen LogP contribution in [0.5, 0.6) is 5.75 Å². The molecule has 0 atom stereocenters. The number of nitrogens with zero attached hydrogens (tertiary/aromatic N) is 3. The Bertz CT molecular complexity index is 905. The fourth-order valence-electron chi connectivity index (χ4n) is 2.00. The molecule has 2 N–H and O–H groups in total. The van der Waals surface area contributed by atoms with E-state index in [1.54, 1.807) is 0 Å². The van der Waals surface area contributed by atoms with E-state index in [4.69, 9.17) is 10.5 Å². The topological polar surface area (TPSA) is 100 Å². The molecule has 0 aliphatic carbocycles. The normalized spacial score (nSPS) is 10.5. The highest BCUT2D eigenvalue weighted by Crippen LogP contribution is 2.15. The van der Waals surface area contributed by atoms with Gasteiger partial charge in [0, 0.05) is 11.4 Å². The molecule has 0 unspecified atom stereocenters. The first-order valence-corrected chi connectivity index (χ1v) is 7.99. The summed E-state index contributed by atoms with van der Waals surface area (Å²) < 4.78 is 6.80. The van der Waals surface area contributed by atoms with Crippen LogP contribution in [-0.2, 0) is 13.2 Å². The number of thiazole rings is 1. The highest BCUT2D eigenvalue weighted by Gasteiger charge is 2.09. The van der Waals surface area contributed by atoms with Crippen molar-refractivity contribution in [3.8, 4) is 5.75 Å².